The van der Waals surface area contributed by atoms with Crippen molar-refractivity contribution in [3.8, 4) is 0 Å². The topological polar surface area (TPSA) is 110 Å². The molecular weight excluding hydrogens is 182 g/mol. The molecule has 66 valence electrons. The van der Waals surface area contributed by atoms with E-state index in [0.29, 0.717) is 0 Å². The van der Waals surface area contributed by atoms with Crippen molar-refractivity contribution in [2.45, 2.75) is 0 Å². The number of carbonyl (C=O) groups excluding carboxylic acids is 1. The number of nitrogens with zero attached hydrogens (tertiary/aromatic N) is 1. The summed E-state index contributed by atoms with van der Waals surface area (Å²) in [6.07, 6.45) is 1.32. The van der Waals surface area contributed by atoms with Gasteiger partial charge in [-0.25, -0.2) is 5.84 Å². The van der Waals surface area contributed by atoms with Crippen LogP contribution >= 0.6 is 11.6 Å². The van der Waals surface area contributed by atoms with E-state index in [1.165, 1.54) is 6.20 Å². The van der Waals surface area contributed by atoms with Crippen LogP contribution in [0.15, 0.2) is 22.9 Å². The van der Waals surface area contributed by atoms with Crippen molar-refractivity contribution >= 4 is 17.5 Å². The number of halogens is 1. The van der Waals surface area contributed by atoms with Crippen LogP contribution in [0.25, 0.3) is 0 Å². The van der Waals surface area contributed by atoms with Crippen molar-refractivity contribution in [2.75, 3.05) is 0 Å². The Morgan fingerprint density at radius 1 is 1.67 bits per heavy atom. The van der Waals surface area contributed by atoms with E-state index in [1.54, 1.807) is 0 Å². The van der Waals surface area contributed by atoms with Gasteiger partial charge in [-0.1, -0.05) is 11.6 Å². The predicted molar refractivity (Wildman–Crippen MR) is 43.5 cm³/mol. The molecule has 1 amide bonds. The Labute approximate surface area is 73.6 Å². The van der Waals surface area contributed by atoms with Gasteiger partial charge in [-0.3, -0.25) is 9.80 Å². The standard InChI is InChI=1S/C5H8ClN5O/c6-2-1-11(9)4(7)3(10-2)5(8)12/h1,10H,7,9H2,(H2,8,12). The molecule has 0 bridgehead atoms. The molecule has 0 saturated heterocycles. The maximum atomic E-state index is 10.7. The number of amides is 1. The van der Waals surface area contributed by atoms with Crippen molar-refractivity contribution in [1.82, 2.24) is 10.3 Å². The van der Waals surface area contributed by atoms with Gasteiger partial charge in [-0.2, -0.15) is 0 Å². The molecule has 6 nitrogen and oxygen atoms in total. The van der Waals surface area contributed by atoms with E-state index in [1.807, 2.05) is 0 Å². The van der Waals surface area contributed by atoms with Gasteiger partial charge >= 0.3 is 0 Å². The monoisotopic (exact) mass is 189 g/mol. The first-order chi connectivity index (χ1) is 5.52. The Bertz CT molecular complexity index is 284. The Balaban J connectivity index is 2.99. The van der Waals surface area contributed by atoms with E-state index in [4.69, 9.17) is 28.9 Å². The van der Waals surface area contributed by atoms with Gasteiger partial charge in [0.2, 0.25) is 0 Å². The van der Waals surface area contributed by atoms with Crippen LogP contribution in [-0.4, -0.2) is 10.9 Å². The van der Waals surface area contributed by atoms with Crippen LogP contribution in [0.2, 0.25) is 0 Å². The minimum absolute atomic E-state index is 0.00926. The zero-order chi connectivity index (χ0) is 9.30. The second-order valence-corrected chi connectivity index (χ2v) is 2.54. The van der Waals surface area contributed by atoms with E-state index in [2.05, 4.69) is 5.32 Å². The van der Waals surface area contributed by atoms with Gasteiger partial charge in [0.1, 0.15) is 16.7 Å². The van der Waals surface area contributed by atoms with E-state index >= 15 is 0 Å². The summed E-state index contributed by atoms with van der Waals surface area (Å²) in [6, 6.07) is 0. The Hall–Kier alpha value is -1.40. The first-order valence-electron chi connectivity index (χ1n) is 3.00. The van der Waals surface area contributed by atoms with Crippen molar-refractivity contribution in [3.63, 3.8) is 0 Å². The lowest BCUT2D eigenvalue weighted by Gasteiger charge is -2.22. The van der Waals surface area contributed by atoms with Crippen LogP contribution in [0.1, 0.15) is 0 Å². The zero-order valence-electron chi connectivity index (χ0n) is 6.04. The second-order valence-electron chi connectivity index (χ2n) is 2.13. The van der Waals surface area contributed by atoms with Crippen LogP contribution < -0.4 is 22.6 Å². The van der Waals surface area contributed by atoms with E-state index < -0.39 is 5.91 Å². The Morgan fingerprint density at radius 2 is 2.25 bits per heavy atom. The highest BCUT2D eigenvalue weighted by atomic mass is 35.5. The van der Waals surface area contributed by atoms with E-state index in [-0.39, 0.29) is 16.7 Å². The maximum absolute atomic E-state index is 10.7. The van der Waals surface area contributed by atoms with Crippen LogP contribution in [0.4, 0.5) is 0 Å². The molecule has 0 fully saturated rings. The third-order valence-electron chi connectivity index (χ3n) is 1.28. The zero-order valence-corrected chi connectivity index (χ0v) is 6.80. The number of rotatable bonds is 1. The SMILES string of the molecule is NC(=O)C1=C(N)N(N)C=C(Cl)N1. The molecule has 7 N–H and O–H groups in total. The summed E-state index contributed by atoms with van der Waals surface area (Å²) < 4.78 is 0. The van der Waals surface area contributed by atoms with Gasteiger partial charge < -0.3 is 16.8 Å². The lowest BCUT2D eigenvalue weighted by atomic mass is 10.3. The fraction of sp³-hybridized carbons (Fsp3) is 0. The molecule has 0 aromatic rings. The van der Waals surface area contributed by atoms with Crippen LogP contribution in [0, 0.1) is 0 Å². The second kappa shape index (κ2) is 2.92. The summed E-state index contributed by atoms with van der Waals surface area (Å²) in [4.78, 5) is 10.7. The molecule has 0 atom stereocenters. The molecule has 0 saturated carbocycles. The molecule has 1 heterocycles. The highest BCUT2D eigenvalue weighted by molar-refractivity contribution is 6.29. The molecule has 7 heteroatoms. The highest BCUT2D eigenvalue weighted by Gasteiger charge is 2.18. The average Bonchev–Trinajstić information content (AvgIpc) is 1.96. The summed E-state index contributed by atoms with van der Waals surface area (Å²) in [5.41, 5.74) is 10.4. The summed E-state index contributed by atoms with van der Waals surface area (Å²) in [5.74, 6) is 4.66. The smallest absolute Gasteiger partial charge is 0.268 e. The fourth-order valence-electron chi connectivity index (χ4n) is 0.724. The van der Waals surface area contributed by atoms with Gasteiger partial charge in [-0.15, -0.1) is 0 Å². The summed E-state index contributed by atoms with van der Waals surface area (Å²) in [7, 11) is 0. The van der Waals surface area contributed by atoms with E-state index in [0.717, 1.165) is 5.01 Å². The largest absolute Gasteiger partial charge is 0.382 e. The molecule has 1 rings (SSSR count). The van der Waals surface area contributed by atoms with Crippen molar-refractivity contribution in [2.24, 2.45) is 17.3 Å². The molecule has 0 unspecified atom stereocenters. The molecule has 0 aromatic heterocycles. The van der Waals surface area contributed by atoms with Crippen LogP contribution in [0.3, 0.4) is 0 Å². The third-order valence-corrected chi connectivity index (χ3v) is 1.47. The Morgan fingerprint density at radius 3 is 2.75 bits per heavy atom. The minimum atomic E-state index is -0.714. The lowest BCUT2D eigenvalue weighted by Crippen LogP contribution is -2.41. The fourth-order valence-corrected chi connectivity index (χ4v) is 0.924. The number of primary amides is 1. The molecule has 0 radical (unpaired) electrons. The summed E-state index contributed by atoms with van der Waals surface area (Å²) in [6.45, 7) is 0. The molecule has 12 heavy (non-hydrogen) atoms. The number of hydrogen-bond donors (Lipinski definition) is 4. The van der Waals surface area contributed by atoms with Gasteiger partial charge in [0.25, 0.3) is 5.91 Å². The normalized spacial score (nSPS) is 17.2. The molecule has 0 aromatic carbocycles. The minimum Gasteiger partial charge on any atom is -0.382 e. The number of carbonyl (C=O) groups is 1. The van der Waals surface area contributed by atoms with Gasteiger partial charge in [0, 0.05) is 0 Å². The number of nitrogens with one attached hydrogen (secondary N) is 1. The van der Waals surface area contributed by atoms with Gasteiger partial charge in [0.15, 0.2) is 0 Å². The van der Waals surface area contributed by atoms with Crippen molar-refractivity contribution in [1.29, 1.82) is 0 Å². The first-order valence-corrected chi connectivity index (χ1v) is 3.38. The lowest BCUT2D eigenvalue weighted by molar-refractivity contribution is -0.115. The van der Waals surface area contributed by atoms with Gasteiger partial charge in [-0.05, 0) is 0 Å². The molecule has 0 spiro atoms. The van der Waals surface area contributed by atoms with Crippen LogP contribution in [-0.2, 0) is 4.79 Å². The predicted octanol–water partition coefficient (Wildman–Crippen LogP) is -1.58. The average molecular weight is 190 g/mol. The Kier molecular flexibility index (Phi) is 2.11. The highest BCUT2D eigenvalue weighted by Crippen LogP contribution is 2.11. The number of hydrogen-bond acceptors (Lipinski definition) is 5. The maximum Gasteiger partial charge on any atom is 0.268 e. The summed E-state index contributed by atoms with van der Waals surface area (Å²) >= 11 is 5.55. The molecule has 0 aliphatic carbocycles. The third kappa shape index (κ3) is 1.44. The quantitative estimate of drug-likeness (QED) is 0.294. The van der Waals surface area contributed by atoms with Crippen LogP contribution in [0.5, 0.6) is 0 Å². The van der Waals surface area contributed by atoms with Crippen molar-refractivity contribution < 1.29 is 4.79 Å². The van der Waals surface area contributed by atoms with Gasteiger partial charge in [0.05, 0.1) is 6.20 Å². The first kappa shape index (κ1) is 8.69. The number of hydrazine groups is 1. The summed E-state index contributed by atoms with van der Waals surface area (Å²) in [5, 5.41) is 3.67. The molecular formula is C5H8ClN5O. The van der Waals surface area contributed by atoms with Crippen molar-refractivity contribution in [3.05, 3.63) is 22.9 Å². The van der Waals surface area contributed by atoms with E-state index in [9.17, 15) is 4.79 Å². The number of nitrogens with two attached hydrogens (primary N) is 3. The molecule has 1 aliphatic heterocycles. The molecule has 1 aliphatic rings.